The van der Waals surface area contributed by atoms with Gasteiger partial charge in [0.05, 0.1) is 36.1 Å². The predicted octanol–water partition coefficient (Wildman–Crippen LogP) is 4.40. The Morgan fingerprint density at radius 3 is 2.53 bits per heavy atom. The number of nitrogens with one attached hydrogen (secondary N) is 3. The van der Waals surface area contributed by atoms with E-state index in [0.29, 0.717) is 17.3 Å². The summed E-state index contributed by atoms with van der Waals surface area (Å²) in [4.78, 5) is 4.21. The molecular weight excluding hydrogens is 450 g/mol. The van der Waals surface area contributed by atoms with Crippen LogP contribution in [0.4, 0.5) is 22.7 Å². The minimum Gasteiger partial charge on any atom is -0.495 e. The first-order valence-electron chi connectivity index (χ1n) is 11.3. The van der Waals surface area contributed by atoms with Crippen LogP contribution in [0.5, 0.6) is 5.75 Å². The molecule has 1 aliphatic heterocycles. The average Bonchev–Trinajstić information content (AvgIpc) is 2.83. The first-order chi connectivity index (χ1) is 16.4. The van der Waals surface area contributed by atoms with Crippen LogP contribution >= 0.6 is 0 Å². The van der Waals surface area contributed by atoms with Gasteiger partial charge < -0.3 is 10.1 Å². The van der Waals surface area contributed by atoms with Gasteiger partial charge in [-0.3, -0.25) is 20.1 Å². The number of nitrogens with zero attached hydrogens (tertiary/aromatic N) is 2. The summed E-state index contributed by atoms with van der Waals surface area (Å²) in [5.74, 6) is 1.23. The minimum absolute atomic E-state index is 0.457. The lowest BCUT2D eigenvalue weighted by atomic mass is 9.90. The van der Waals surface area contributed by atoms with Crippen LogP contribution in [0, 0.1) is 6.92 Å². The third-order valence-corrected chi connectivity index (χ3v) is 6.53. The second-order valence-corrected chi connectivity index (χ2v) is 10.2. The molecule has 180 valence electrons. The number of piperidine rings is 1. The Kier molecular flexibility index (Phi) is 7.23. The summed E-state index contributed by atoms with van der Waals surface area (Å²) in [6, 6.07) is 15.4. The molecule has 9 heteroatoms. The molecule has 0 bridgehead atoms. The maximum Gasteiger partial charge on any atom is 0.229 e. The van der Waals surface area contributed by atoms with E-state index < -0.39 is 10.0 Å². The lowest BCUT2D eigenvalue weighted by Gasteiger charge is -2.30. The average molecular weight is 482 g/mol. The third kappa shape index (κ3) is 5.60. The lowest BCUT2D eigenvalue weighted by molar-refractivity contribution is 0.413. The molecule has 0 radical (unpaired) electrons. The van der Waals surface area contributed by atoms with E-state index in [1.165, 1.54) is 5.56 Å². The van der Waals surface area contributed by atoms with Gasteiger partial charge in [0.15, 0.2) is 0 Å². The number of anilines is 4. The summed E-state index contributed by atoms with van der Waals surface area (Å²) < 4.78 is 32.5. The van der Waals surface area contributed by atoms with Gasteiger partial charge in [-0.1, -0.05) is 18.2 Å². The number of hydrazine groups is 1. The molecule has 2 heterocycles. The molecule has 8 nitrogen and oxygen atoms in total. The van der Waals surface area contributed by atoms with Crippen molar-refractivity contribution < 1.29 is 13.2 Å². The Morgan fingerprint density at radius 2 is 1.82 bits per heavy atom. The molecule has 1 saturated heterocycles. The number of aryl methyl sites for hydroxylation is 1. The summed E-state index contributed by atoms with van der Waals surface area (Å²) in [6.45, 7) is 4.00. The number of methoxy groups -OCH3 is 1. The van der Waals surface area contributed by atoms with Crippen LogP contribution in [0.25, 0.3) is 0 Å². The molecule has 3 aromatic rings. The fraction of sp³-hybridized carbons (Fsp3) is 0.320. The second kappa shape index (κ2) is 10.3. The van der Waals surface area contributed by atoms with Gasteiger partial charge in [-0.15, -0.1) is 0 Å². The molecule has 1 fully saturated rings. The molecule has 2 aromatic carbocycles. The van der Waals surface area contributed by atoms with Crippen molar-refractivity contribution in [3.63, 3.8) is 0 Å². The number of aromatic nitrogens is 1. The van der Waals surface area contributed by atoms with Gasteiger partial charge in [-0.2, -0.15) is 0 Å². The van der Waals surface area contributed by atoms with E-state index in [1.54, 1.807) is 31.6 Å². The van der Waals surface area contributed by atoms with Crippen molar-refractivity contribution in [2.75, 3.05) is 41.6 Å². The highest BCUT2D eigenvalue weighted by molar-refractivity contribution is 7.92. The van der Waals surface area contributed by atoms with Crippen molar-refractivity contribution in [1.82, 2.24) is 10.3 Å². The largest absolute Gasteiger partial charge is 0.495 e. The highest BCUT2D eigenvalue weighted by Gasteiger charge is 2.21. The lowest BCUT2D eigenvalue weighted by Crippen LogP contribution is -2.28. The highest BCUT2D eigenvalue weighted by Crippen LogP contribution is 2.38. The van der Waals surface area contributed by atoms with E-state index in [0.717, 1.165) is 54.9 Å². The van der Waals surface area contributed by atoms with E-state index in [2.05, 4.69) is 32.6 Å². The molecule has 0 amide bonds. The zero-order valence-electron chi connectivity index (χ0n) is 19.7. The predicted molar refractivity (Wildman–Crippen MR) is 137 cm³/mol. The number of hydrogen-bond acceptors (Lipinski definition) is 7. The molecule has 0 spiro atoms. The fourth-order valence-electron chi connectivity index (χ4n) is 4.25. The molecule has 1 aliphatic rings. The molecule has 34 heavy (non-hydrogen) atoms. The van der Waals surface area contributed by atoms with E-state index in [4.69, 9.17) is 4.74 Å². The van der Waals surface area contributed by atoms with Crippen LogP contribution < -0.4 is 25.2 Å². The van der Waals surface area contributed by atoms with Gasteiger partial charge in [-0.05, 0) is 80.2 Å². The van der Waals surface area contributed by atoms with Crippen molar-refractivity contribution in [2.24, 2.45) is 0 Å². The Hall–Kier alpha value is -3.30. The van der Waals surface area contributed by atoms with Crippen LogP contribution in [0.3, 0.4) is 0 Å². The van der Waals surface area contributed by atoms with Gasteiger partial charge in [0.1, 0.15) is 5.75 Å². The van der Waals surface area contributed by atoms with Crippen LogP contribution in [0.1, 0.15) is 29.9 Å². The molecular formula is C25H31N5O3S. The molecule has 0 atom stereocenters. The second-order valence-electron chi connectivity index (χ2n) is 8.48. The smallest absolute Gasteiger partial charge is 0.229 e. The van der Waals surface area contributed by atoms with E-state index in [-0.39, 0.29) is 0 Å². The van der Waals surface area contributed by atoms with Crippen LogP contribution in [0.2, 0.25) is 0 Å². The fourth-order valence-corrected chi connectivity index (χ4v) is 4.82. The number of hydrogen-bond donors (Lipinski definition) is 3. The van der Waals surface area contributed by atoms with Gasteiger partial charge >= 0.3 is 0 Å². The molecule has 0 unspecified atom stereocenters. The van der Waals surface area contributed by atoms with Crippen molar-refractivity contribution >= 4 is 32.8 Å². The van der Waals surface area contributed by atoms with Gasteiger partial charge in [-0.25, -0.2) is 8.42 Å². The molecule has 3 N–H and O–H groups in total. The monoisotopic (exact) mass is 481 g/mol. The topological polar surface area (TPSA) is 95.6 Å². The number of ether oxygens (including phenoxy) is 1. The normalized spacial score (nSPS) is 14.4. The summed E-state index contributed by atoms with van der Waals surface area (Å²) in [5.41, 5.74) is 8.35. The Morgan fingerprint density at radius 1 is 1.06 bits per heavy atom. The Bertz CT molecular complexity index is 1240. The number of benzene rings is 2. The Labute approximate surface area is 201 Å². The zero-order chi connectivity index (χ0) is 24.1. The van der Waals surface area contributed by atoms with Crippen LogP contribution in [-0.2, 0) is 10.0 Å². The first kappa shape index (κ1) is 23.8. The van der Waals surface area contributed by atoms with E-state index in [1.807, 2.05) is 36.2 Å². The first-order valence-corrected chi connectivity index (χ1v) is 13.2. The SMILES string of the molecule is COc1cc(C2CCNCC2)ccc1NN(c1ccncc1C)c1ccccc1NS(C)(=O)=O. The van der Waals surface area contributed by atoms with E-state index in [9.17, 15) is 8.42 Å². The number of pyridine rings is 1. The summed E-state index contributed by atoms with van der Waals surface area (Å²) in [6.07, 6.45) is 6.82. The van der Waals surface area contributed by atoms with Crippen molar-refractivity contribution in [2.45, 2.75) is 25.7 Å². The number of sulfonamides is 1. The quantitative estimate of drug-likeness (QED) is 0.410. The molecule has 0 aliphatic carbocycles. The Balaban J connectivity index is 1.76. The maximum absolute atomic E-state index is 12.0. The maximum atomic E-state index is 12.0. The zero-order valence-corrected chi connectivity index (χ0v) is 20.5. The number of para-hydroxylation sites is 2. The molecule has 0 saturated carbocycles. The van der Waals surface area contributed by atoms with Crippen LogP contribution in [-0.4, -0.2) is 39.9 Å². The van der Waals surface area contributed by atoms with Crippen molar-refractivity contribution in [3.05, 3.63) is 72.1 Å². The van der Waals surface area contributed by atoms with Gasteiger partial charge in [0.25, 0.3) is 0 Å². The van der Waals surface area contributed by atoms with Gasteiger partial charge in [0.2, 0.25) is 10.0 Å². The molecule has 1 aromatic heterocycles. The van der Waals surface area contributed by atoms with Crippen molar-refractivity contribution in [3.8, 4) is 5.75 Å². The highest BCUT2D eigenvalue weighted by atomic mass is 32.2. The molecule has 4 rings (SSSR count). The minimum atomic E-state index is -3.48. The summed E-state index contributed by atoms with van der Waals surface area (Å²) in [5, 5.41) is 5.26. The van der Waals surface area contributed by atoms with Crippen molar-refractivity contribution in [1.29, 1.82) is 0 Å². The van der Waals surface area contributed by atoms with Crippen LogP contribution in [0.15, 0.2) is 60.9 Å². The third-order valence-electron chi connectivity index (χ3n) is 5.94. The number of rotatable bonds is 8. The standard InChI is InChI=1S/C25H31N5O3S/c1-18-17-27-15-12-23(18)30(24-7-5-4-6-21(24)29-34(3,31)32)28-22-9-8-20(16-25(22)33-2)19-10-13-26-14-11-19/h4-9,12,15-17,19,26,28-29H,10-11,13-14H2,1-3H3. The van der Waals surface area contributed by atoms with E-state index >= 15 is 0 Å². The summed E-state index contributed by atoms with van der Waals surface area (Å²) in [7, 11) is -1.82. The van der Waals surface area contributed by atoms with Gasteiger partial charge in [0, 0.05) is 12.4 Å². The summed E-state index contributed by atoms with van der Waals surface area (Å²) >= 11 is 0.